The van der Waals surface area contributed by atoms with Crippen LogP contribution >= 0.6 is 0 Å². The predicted octanol–water partition coefficient (Wildman–Crippen LogP) is 3.94. The topological polar surface area (TPSA) is 114 Å². The minimum absolute atomic E-state index is 0.0108. The van der Waals surface area contributed by atoms with Gasteiger partial charge in [-0.15, -0.1) is 0 Å². The molecule has 1 aliphatic rings. The SMILES string of the molecule is CCN1/C(=C/C=C/C(=O)c2c(OB(F)F)cc(C)oc2=O)C(C)(C)c2cc(S(=O)(=O)O)ccc21. The molecular formula is C22H22BF2NO7S. The van der Waals surface area contributed by atoms with Gasteiger partial charge in [-0.1, -0.05) is 19.9 Å². The number of ketones is 1. The number of allylic oxidation sites excluding steroid dienone is 4. The molecule has 12 heteroatoms. The molecule has 0 spiro atoms. The van der Waals surface area contributed by atoms with E-state index in [-0.39, 0.29) is 10.7 Å². The fourth-order valence-electron chi connectivity index (χ4n) is 3.96. The quantitative estimate of drug-likeness (QED) is 0.267. The number of likely N-dealkylation sites (N-methyl/N-ethyl adjacent to an activating group) is 1. The van der Waals surface area contributed by atoms with Crippen molar-refractivity contribution in [3.63, 3.8) is 0 Å². The van der Waals surface area contributed by atoms with E-state index >= 15 is 0 Å². The van der Waals surface area contributed by atoms with Gasteiger partial charge < -0.3 is 14.0 Å². The van der Waals surface area contributed by atoms with Gasteiger partial charge >= 0.3 is 13.1 Å². The second-order valence-electron chi connectivity index (χ2n) is 8.06. The van der Waals surface area contributed by atoms with Crippen LogP contribution in [0, 0.1) is 6.92 Å². The lowest BCUT2D eigenvalue weighted by Crippen LogP contribution is -2.25. The number of carbonyl (C=O) groups is 1. The summed E-state index contributed by atoms with van der Waals surface area (Å²) >= 11 is 0. The molecule has 0 unspecified atom stereocenters. The summed E-state index contributed by atoms with van der Waals surface area (Å²) in [6, 6.07) is 5.32. The molecule has 0 radical (unpaired) electrons. The summed E-state index contributed by atoms with van der Waals surface area (Å²) < 4.78 is 67.2. The summed E-state index contributed by atoms with van der Waals surface area (Å²) in [5, 5.41) is 0. The molecule has 0 saturated carbocycles. The van der Waals surface area contributed by atoms with Crippen molar-refractivity contribution >= 4 is 29.1 Å². The predicted molar refractivity (Wildman–Crippen MR) is 122 cm³/mol. The molecule has 0 aliphatic carbocycles. The number of rotatable bonds is 7. The van der Waals surface area contributed by atoms with Crippen molar-refractivity contribution in [2.75, 3.05) is 11.4 Å². The van der Waals surface area contributed by atoms with Crippen LogP contribution in [0.15, 0.2) is 62.3 Å². The van der Waals surface area contributed by atoms with Crippen LogP contribution in [0.25, 0.3) is 0 Å². The zero-order chi connectivity index (χ0) is 25.4. The third kappa shape index (κ3) is 4.83. The minimum atomic E-state index is -4.40. The number of carbonyl (C=O) groups excluding carboxylic acids is 1. The molecule has 2 aromatic rings. The van der Waals surface area contributed by atoms with Gasteiger partial charge in [0.25, 0.3) is 10.1 Å². The lowest BCUT2D eigenvalue weighted by atomic mass is 9.83. The van der Waals surface area contributed by atoms with Crippen LogP contribution in [-0.4, -0.2) is 32.8 Å². The molecule has 180 valence electrons. The molecule has 0 fully saturated rings. The fourth-order valence-corrected chi connectivity index (χ4v) is 4.47. The Morgan fingerprint density at radius 1 is 1.29 bits per heavy atom. The van der Waals surface area contributed by atoms with Crippen molar-refractivity contribution in [1.82, 2.24) is 0 Å². The van der Waals surface area contributed by atoms with Crippen LogP contribution in [0.1, 0.15) is 42.5 Å². The molecule has 1 aliphatic heterocycles. The fraction of sp³-hybridized carbons (Fsp3) is 0.273. The van der Waals surface area contributed by atoms with Crippen LogP contribution in [0.3, 0.4) is 0 Å². The van der Waals surface area contributed by atoms with E-state index in [0.29, 0.717) is 17.8 Å². The standard InChI is InChI=1S/C22H22BF2NO7S/c1-5-26-16-10-9-14(34(29,30)31)12-15(16)22(3,4)19(26)8-6-7-17(27)20-18(33-23(24)25)11-13(2)32-21(20)28/h6-12H,5H2,1-4H3,(H,29,30,31)/b7-6+,19-8+. The van der Waals surface area contributed by atoms with E-state index in [1.54, 1.807) is 12.1 Å². The Balaban J connectivity index is 2.00. The van der Waals surface area contributed by atoms with Crippen molar-refractivity contribution in [3.05, 3.63) is 75.5 Å². The maximum atomic E-state index is 12.7. The molecule has 2 heterocycles. The number of nitrogens with zero attached hydrogens (tertiary/aromatic N) is 1. The molecule has 3 rings (SSSR count). The average Bonchev–Trinajstić information content (AvgIpc) is 2.92. The van der Waals surface area contributed by atoms with E-state index in [1.807, 2.05) is 25.7 Å². The van der Waals surface area contributed by atoms with Gasteiger partial charge in [-0.2, -0.15) is 8.42 Å². The third-order valence-electron chi connectivity index (χ3n) is 5.48. The summed E-state index contributed by atoms with van der Waals surface area (Å²) in [6.07, 6.45) is 4.00. The van der Waals surface area contributed by atoms with Crippen LogP contribution in [0.2, 0.25) is 0 Å². The van der Waals surface area contributed by atoms with E-state index in [2.05, 4.69) is 4.65 Å². The highest BCUT2D eigenvalue weighted by molar-refractivity contribution is 7.85. The van der Waals surface area contributed by atoms with Crippen LogP contribution in [0.4, 0.5) is 14.3 Å². The molecule has 1 aromatic heterocycles. The first-order valence-electron chi connectivity index (χ1n) is 10.2. The lowest BCUT2D eigenvalue weighted by molar-refractivity contribution is 0.104. The van der Waals surface area contributed by atoms with Crippen molar-refractivity contribution in [2.24, 2.45) is 0 Å². The van der Waals surface area contributed by atoms with Crippen molar-refractivity contribution in [1.29, 1.82) is 0 Å². The Hall–Kier alpha value is -3.25. The van der Waals surface area contributed by atoms with Gasteiger partial charge in [-0.25, -0.2) is 13.4 Å². The highest BCUT2D eigenvalue weighted by Crippen LogP contribution is 2.48. The van der Waals surface area contributed by atoms with Crippen molar-refractivity contribution in [3.8, 4) is 5.75 Å². The van der Waals surface area contributed by atoms with Gasteiger partial charge in [-0.3, -0.25) is 9.35 Å². The smallest absolute Gasteiger partial charge is 0.504 e. The molecule has 0 amide bonds. The van der Waals surface area contributed by atoms with E-state index in [9.17, 15) is 31.2 Å². The minimum Gasteiger partial charge on any atom is -0.504 e. The van der Waals surface area contributed by atoms with Crippen LogP contribution in [-0.2, 0) is 15.5 Å². The molecule has 0 saturated heterocycles. The number of anilines is 1. The van der Waals surface area contributed by atoms with Crippen molar-refractivity contribution in [2.45, 2.75) is 38.0 Å². The monoisotopic (exact) mass is 493 g/mol. The second kappa shape index (κ2) is 9.19. The average molecular weight is 493 g/mol. The summed E-state index contributed by atoms with van der Waals surface area (Å²) in [4.78, 5) is 26.4. The van der Waals surface area contributed by atoms with Crippen LogP contribution < -0.4 is 15.2 Å². The first-order valence-corrected chi connectivity index (χ1v) is 11.6. The zero-order valence-electron chi connectivity index (χ0n) is 18.8. The molecular weight excluding hydrogens is 471 g/mol. The van der Waals surface area contributed by atoms with Gasteiger partial charge in [0.2, 0.25) is 0 Å². The van der Waals surface area contributed by atoms with Crippen molar-refractivity contribution < 1.29 is 35.5 Å². The van der Waals surface area contributed by atoms with Crippen LogP contribution in [0.5, 0.6) is 5.75 Å². The summed E-state index contributed by atoms with van der Waals surface area (Å²) in [7, 11) is -7.63. The molecule has 1 N–H and O–H groups in total. The molecule has 34 heavy (non-hydrogen) atoms. The number of hydrogen-bond donors (Lipinski definition) is 1. The summed E-state index contributed by atoms with van der Waals surface area (Å²) in [5.41, 5.74) is -0.354. The van der Waals surface area contributed by atoms with Gasteiger partial charge in [0.15, 0.2) is 5.78 Å². The van der Waals surface area contributed by atoms with Gasteiger partial charge in [0.05, 0.1) is 4.90 Å². The third-order valence-corrected chi connectivity index (χ3v) is 6.33. The second-order valence-corrected chi connectivity index (χ2v) is 9.48. The number of halogens is 2. The van der Waals surface area contributed by atoms with E-state index < -0.39 is 45.7 Å². The largest absolute Gasteiger partial charge is 0.796 e. The summed E-state index contributed by atoms with van der Waals surface area (Å²) in [5.74, 6) is -1.45. The normalized spacial score (nSPS) is 16.2. The van der Waals surface area contributed by atoms with E-state index in [0.717, 1.165) is 17.8 Å². The molecule has 8 nitrogen and oxygen atoms in total. The number of fused-ring (bicyclic) bond motifs is 1. The van der Waals surface area contributed by atoms with Gasteiger partial charge in [0.1, 0.15) is 17.1 Å². The van der Waals surface area contributed by atoms with E-state index in [1.165, 1.54) is 25.1 Å². The Morgan fingerprint density at radius 3 is 2.56 bits per heavy atom. The zero-order valence-corrected chi connectivity index (χ0v) is 19.7. The lowest BCUT2D eigenvalue weighted by Gasteiger charge is -2.25. The Bertz CT molecular complexity index is 1360. The first kappa shape index (κ1) is 25.4. The number of benzene rings is 1. The Morgan fingerprint density at radius 2 is 1.97 bits per heavy atom. The highest BCUT2D eigenvalue weighted by atomic mass is 32.2. The maximum absolute atomic E-state index is 12.7. The Labute approximate surface area is 195 Å². The summed E-state index contributed by atoms with van der Waals surface area (Å²) in [6.45, 7) is 7.46. The maximum Gasteiger partial charge on any atom is 0.796 e. The van der Waals surface area contributed by atoms with E-state index in [4.69, 9.17) is 4.42 Å². The Kier molecular flexibility index (Phi) is 6.86. The molecule has 1 aromatic carbocycles. The van der Waals surface area contributed by atoms with Gasteiger partial charge in [-0.05, 0) is 49.8 Å². The first-order chi connectivity index (χ1) is 15.8. The van der Waals surface area contributed by atoms with Gasteiger partial charge in [0, 0.05) is 29.4 Å². The number of hydrogen-bond acceptors (Lipinski definition) is 7. The molecule has 0 bridgehead atoms. The molecule has 0 atom stereocenters. The highest BCUT2D eigenvalue weighted by Gasteiger charge is 2.40. The number of aryl methyl sites for hydroxylation is 1.